The summed E-state index contributed by atoms with van der Waals surface area (Å²) in [6.45, 7) is 4.44. The molecule has 4 aromatic rings. The van der Waals surface area contributed by atoms with Gasteiger partial charge in [-0.2, -0.15) is 0 Å². The van der Waals surface area contributed by atoms with Crippen molar-refractivity contribution in [3.8, 4) is 11.5 Å². The third-order valence-electron chi connectivity index (χ3n) is 5.21. The van der Waals surface area contributed by atoms with Gasteiger partial charge in [0.1, 0.15) is 5.52 Å². The van der Waals surface area contributed by atoms with E-state index in [0.717, 1.165) is 61.4 Å². The Balaban J connectivity index is 0.00000306. The summed E-state index contributed by atoms with van der Waals surface area (Å²) in [5.74, 6) is 0.644. The lowest BCUT2D eigenvalue weighted by atomic mass is 10.1. The van der Waals surface area contributed by atoms with E-state index in [1.165, 1.54) is 5.56 Å². The Hall–Kier alpha value is -2.70. The van der Waals surface area contributed by atoms with Gasteiger partial charge in [0.25, 0.3) is 0 Å². The lowest BCUT2D eigenvalue weighted by Gasteiger charge is -2.08. The Kier molecular flexibility index (Phi) is 10.4. The molecule has 5 nitrogen and oxygen atoms in total. The van der Waals surface area contributed by atoms with Gasteiger partial charge in [0.05, 0.1) is 19.8 Å². The van der Waals surface area contributed by atoms with E-state index in [4.69, 9.17) is 13.9 Å². The quantitative estimate of drug-likeness (QED) is 0.257. The lowest BCUT2D eigenvalue weighted by molar-refractivity contribution is 0.113. The molecule has 6 heteroatoms. The van der Waals surface area contributed by atoms with Crippen LogP contribution in [-0.4, -0.2) is 37.9 Å². The van der Waals surface area contributed by atoms with Crippen molar-refractivity contribution in [2.75, 3.05) is 32.9 Å². The normalized spacial score (nSPS) is 10.9. The average molecular weight is 467 g/mol. The number of oxazole rings is 1. The first-order chi connectivity index (χ1) is 15.9. The maximum Gasteiger partial charge on any atom is 0.227 e. The molecular weight excluding hydrogens is 436 g/mol. The maximum absolute atomic E-state index is 5.82. The average Bonchev–Trinajstić information content (AvgIpc) is 3.28. The fourth-order valence-corrected chi connectivity index (χ4v) is 3.47. The van der Waals surface area contributed by atoms with Gasteiger partial charge in [-0.3, -0.25) is 0 Å². The zero-order valence-corrected chi connectivity index (χ0v) is 19.6. The van der Waals surface area contributed by atoms with Crippen LogP contribution in [0, 0.1) is 0 Å². The summed E-state index contributed by atoms with van der Waals surface area (Å²) in [5, 5.41) is 3.35. The Morgan fingerprint density at radius 1 is 0.727 bits per heavy atom. The first-order valence-electron chi connectivity index (χ1n) is 11.2. The van der Waals surface area contributed by atoms with E-state index in [2.05, 4.69) is 46.7 Å². The van der Waals surface area contributed by atoms with Gasteiger partial charge in [-0.05, 0) is 48.2 Å². The summed E-state index contributed by atoms with van der Waals surface area (Å²) in [7, 11) is 0. The second kappa shape index (κ2) is 13.8. The molecule has 0 amide bonds. The van der Waals surface area contributed by atoms with Crippen LogP contribution in [0.4, 0.5) is 0 Å². The topological polar surface area (TPSA) is 56.5 Å². The Morgan fingerprint density at radius 3 is 2.24 bits per heavy atom. The second-order valence-corrected chi connectivity index (χ2v) is 7.69. The van der Waals surface area contributed by atoms with Crippen molar-refractivity contribution in [1.29, 1.82) is 0 Å². The number of nitrogens with one attached hydrogen (secondary N) is 1. The highest BCUT2D eigenvalue weighted by Crippen LogP contribution is 2.24. The number of benzene rings is 3. The largest absolute Gasteiger partial charge is 0.436 e. The Labute approximate surface area is 201 Å². The van der Waals surface area contributed by atoms with E-state index < -0.39 is 0 Å². The van der Waals surface area contributed by atoms with E-state index >= 15 is 0 Å². The molecule has 0 aliphatic rings. The molecule has 4 rings (SSSR count). The van der Waals surface area contributed by atoms with E-state index in [-0.39, 0.29) is 12.4 Å². The molecule has 3 aromatic carbocycles. The lowest BCUT2D eigenvalue weighted by Crippen LogP contribution is -2.24. The van der Waals surface area contributed by atoms with Gasteiger partial charge in [-0.1, -0.05) is 54.6 Å². The van der Waals surface area contributed by atoms with Crippen LogP contribution >= 0.6 is 12.4 Å². The predicted molar refractivity (Wildman–Crippen MR) is 135 cm³/mol. The second-order valence-electron chi connectivity index (χ2n) is 7.69. The molecule has 0 saturated heterocycles. The molecule has 0 spiro atoms. The number of ether oxygens (including phenoxy) is 2. The molecule has 0 unspecified atom stereocenters. The summed E-state index contributed by atoms with van der Waals surface area (Å²) in [6.07, 6.45) is 2.12. The van der Waals surface area contributed by atoms with Crippen LogP contribution in [-0.2, 0) is 22.5 Å². The first kappa shape index (κ1) is 24.9. The number of nitrogens with zero attached hydrogens (tertiary/aromatic N) is 1. The highest BCUT2D eigenvalue weighted by atomic mass is 35.5. The molecule has 1 heterocycles. The Bertz CT molecular complexity index is 1030. The molecule has 174 valence electrons. The monoisotopic (exact) mass is 466 g/mol. The van der Waals surface area contributed by atoms with E-state index in [0.29, 0.717) is 19.1 Å². The minimum atomic E-state index is 0. The minimum absolute atomic E-state index is 0. The van der Waals surface area contributed by atoms with Gasteiger partial charge in [0.2, 0.25) is 5.89 Å². The SMILES string of the molecule is Cl.c1ccc(CCCOCCNCCOCc2ccc(-c3nc4ccccc4o3)cc2)cc1. The summed E-state index contributed by atoms with van der Waals surface area (Å²) >= 11 is 0. The number of para-hydroxylation sites is 2. The van der Waals surface area contributed by atoms with Crippen molar-refractivity contribution >= 4 is 23.5 Å². The third kappa shape index (κ3) is 7.98. The van der Waals surface area contributed by atoms with Gasteiger partial charge in [0.15, 0.2) is 5.58 Å². The minimum Gasteiger partial charge on any atom is -0.436 e. The fourth-order valence-electron chi connectivity index (χ4n) is 3.47. The number of aromatic nitrogens is 1. The van der Waals surface area contributed by atoms with Crippen molar-refractivity contribution < 1.29 is 13.9 Å². The third-order valence-corrected chi connectivity index (χ3v) is 5.21. The van der Waals surface area contributed by atoms with Gasteiger partial charge < -0.3 is 19.2 Å². The van der Waals surface area contributed by atoms with E-state index in [9.17, 15) is 0 Å². The van der Waals surface area contributed by atoms with E-state index in [1.54, 1.807) is 0 Å². The number of rotatable bonds is 13. The van der Waals surface area contributed by atoms with Crippen LogP contribution in [0.1, 0.15) is 17.5 Å². The van der Waals surface area contributed by atoms with Gasteiger partial charge >= 0.3 is 0 Å². The molecule has 1 aromatic heterocycles. The zero-order chi connectivity index (χ0) is 21.8. The summed E-state index contributed by atoms with van der Waals surface area (Å²) in [6, 6.07) is 26.5. The highest BCUT2D eigenvalue weighted by molar-refractivity contribution is 5.85. The van der Waals surface area contributed by atoms with Crippen molar-refractivity contribution in [2.24, 2.45) is 0 Å². The smallest absolute Gasteiger partial charge is 0.227 e. The number of hydrogen-bond acceptors (Lipinski definition) is 5. The van der Waals surface area contributed by atoms with Gasteiger partial charge in [-0.15, -0.1) is 12.4 Å². The zero-order valence-electron chi connectivity index (χ0n) is 18.7. The standard InChI is InChI=1S/C27H30N2O3.ClH/c1-2-7-22(8-3-1)9-6-18-30-19-16-28-17-20-31-21-23-12-14-24(15-13-23)27-29-25-10-4-5-11-26(25)32-27;/h1-5,7-8,10-15,28H,6,9,16-21H2;1H. The van der Waals surface area contributed by atoms with Crippen LogP contribution in [0.25, 0.3) is 22.6 Å². The summed E-state index contributed by atoms with van der Waals surface area (Å²) in [4.78, 5) is 4.54. The molecule has 0 fully saturated rings. The summed E-state index contributed by atoms with van der Waals surface area (Å²) < 4.78 is 17.3. The number of hydrogen-bond donors (Lipinski definition) is 1. The molecule has 33 heavy (non-hydrogen) atoms. The molecule has 0 saturated carbocycles. The number of halogens is 1. The maximum atomic E-state index is 5.82. The molecule has 0 radical (unpaired) electrons. The van der Waals surface area contributed by atoms with Crippen molar-refractivity contribution in [3.05, 3.63) is 90.0 Å². The van der Waals surface area contributed by atoms with E-state index in [1.807, 2.05) is 42.5 Å². The van der Waals surface area contributed by atoms with Crippen molar-refractivity contribution in [3.63, 3.8) is 0 Å². The first-order valence-corrected chi connectivity index (χ1v) is 11.2. The van der Waals surface area contributed by atoms with Crippen LogP contribution in [0.5, 0.6) is 0 Å². The van der Waals surface area contributed by atoms with Crippen LogP contribution in [0.2, 0.25) is 0 Å². The van der Waals surface area contributed by atoms with Crippen LogP contribution < -0.4 is 5.32 Å². The van der Waals surface area contributed by atoms with Crippen molar-refractivity contribution in [2.45, 2.75) is 19.4 Å². The molecule has 0 atom stereocenters. The predicted octanol–water partition coefficient (Wildman–Crippen LogP) is 5.67. The fraction of sp³-hybridized carbons (Fsp3) is 0.296. The van der Waals surface area contributed by atoms with Gasteiger partial charge in [-0.25, -0.2) is 4.98 Å². The van der Waals surface area contributed by atoms with Crippen molar-refractivity contribution in [1.82, 2.24) is 10.3 Å². The molecule has 0 aliphatic heterocycles. The molecule has 1 N–H and O–H groups in total. The van der Waals surface area contributed by atoms with Crippen LogP contribution in [0.15, 0.2) is 83.3 Å². The molecule has 0 aliphatic carbocycles. The summed E-state index contributed by atoms with van der Waals surface area (Å²) in [5.41, 5.74) is 5.15. The molecular formula is C27H31ClN2O3. The molecule has 0 bridgehead atoms. The van der Waals surface area contributed by atoms with Crippen LogP contribution in [0.3, 0.4) is 0 Å². The number of fused-ring (bicyclic) bond motifs is 1. The van der Waals surface area contributed by atoms with Gasteiger partial charge in [0, 0.05) is 25.3 Å². The number of aryl methyl sites for hydroxylation is 1. The Morgan fingerprint density at radius 2 is 1.45 bits per heavy atom. The highest BCUT2D eigenvalue weighted by Gasteiger charge is 2.07.